The minimum Gasteiger partial charge on any atom is -0.478 e. The smallest absolute Gasteiger partial charge is 0.337 e. The first-order valence-corrected chi connectivity index (χ1v) is 4.20. The third-order valence-electron chi connectivity index (χ3n) is 1.92. The predicted octanol–water partition coefficient (Wildman–Crippen LogP) is 0.162. The van der Waals surface area contributed by atoms with Gasteiger partial charge in [-0.1, -0.05) is 0 Å². The zero-order chi connectivity index (χ0) is 10.6. The first-order valence-electron chi connectivity index (χ1n) is 4.20. The number of aromatic nitrogens is 1. The summed E-state index contributed by atoms with van der Waals surface area (Å²) in [5.74, 6) is -1.05. The molecular formula is C9H12N2O3. The highest BCUT2D eigenvalue weighted by Crippen LogP contribution is 2.17. The molecule has 0 amide bonds. The van der Waals surface area contributed by atoms with Gasteiger partial charge >= 0.3 is 5.97 Å². The van der Waals surface area contributed by atoms with E-state index >= 15 is 0 Å². The lowest BCUT2D eigenvalue weighted by Crippen LogP contribution is -2.16. The van der Waals surface area contributed by atoms with E-state index in [0.29, 0.717) is 12.0 Å². The Morgan fingerprint density at radius 2 is 2.36 bits per heavy atom. The molecule has 5 nitrogen and oxygen atoms in total. The van der Waals surface area contributed by atoms with Crippen molar-refractivity contribution < 1.29 is 15.0 Å². The second-order valence-electron chi connectivity index (χ2n) is 2.89. The number of hydrogen-bond acceptors (Lipinski definition) is 4. The summed E-state index contributed by atoms with van der Waals surface area (Å²) in [7, 11) is 0. The summed E-state index contributed by atoms with van der Waals surface area (Å²) >= 11 is 0. The highest BCUT2D eigenvalue weighted by atomic mass is 16.4. The quantitative estimate of drug-likeness (QED) is 0.637. The Balaban J connectivity index is 3.00. The molecule has 0 radical (unpaired) electrons. The third kappa shape index (κ3) is 2.27. The lowest BCUT2D eigenvalue weighted by molar-refractivity contribution is 0.0694. The van der Waals surface area contributed by atoms with Crippen molar-refractivity contribution >= 4 is 5.97 Å². The monoisotopic (exact) mass is 196 g/mol. The molecule has 76 valence electrons. The van der Waals surface area contributed by atoms with E-state index in [4.69, 9.17) is 15.9 Å². The lowest BCUT2D eigenvalue weighted by Gasteiger charge is -2.12. The molecule has 1 aromatic rings. The topological polar surface area (TPSA) is 96.4 Å². The van der Waals surface area contributed by atoms with Crippen molar-refractivity contribution in [3.8, 4) is 0 Å². The predicted molar refractivity (Wildman–Crippen MR) is 49.8 cm³/mol. The van der Waals surface area contributed by atoms with Crippen LogP contribution in [0.25, 0.3) is 0 Å². The summed E-state index contributed by atoms with van der Waals surface area (Å²) < 4.78 is 0. The van der Waals surface area contributed by atoms with Crippen LogP contribution in [0.15, 0.2) is 18.5 Å². The zero-order valence-corrected chi connectivity index (χ0v) is 7.55. The van der Waals surface area contributed by atoms with E-state index in [0.717, 1.165) is 0 Å². The van der Waals surface area contributed by atoms with Gasteiger partial charge in [0.1, 0.15) is 0 Å². The largest absolute Gasteiger partial charge is 0.478 e. The van der Waals surface area contributed by atoms with Gasteiger partial charge in [0, 0.05) is 25.0 Å². The van der Waals surface area contributed by atoms with Gasteiger partial charge in [0.05, 0.1) is 5.56 Å². The SMILES string of the molecule is N[C@@H](CCO)c1ccncc1C(=O)O. The van der Waals surface area contributed by atoms with Crippen LogP contribution in [-0.2, 0) is 0 Å². The molecule has 0 saturated heterocycles. The number of pyridine rings is 1. The van der Waals surface area contributed by atoms with Crippen molar-refractivity contribution in [1.29, 1.82) is 0 Å². The van der Waals surface area contributed by atoms with Crippen LogP contribution in [0.1, 0.15) is 28.4 Å². The second-order valence-corrected chi connectivity index (χ2v) is 2.89. The van der Waals surface area contributed by atoms with Crippen molar-refractivity contribution in [3.05, 3.63) is 29.6 Å². The van der Waals surface area contributed by atoms with Gasteiger partial charge in [-0.15, -0.1) is 0 Å². The number of rotatable bonds is 4. The van der Waals surface area contributed by atoms with Gasteiger partial charge in [-0.25, -0.2) is 4.79 Å². The van der Waals surface area contributed by atoms with E-state index in [1.165, 1.54) is 12.4 Å². The van der Waals surface area contributed by atoms with Crippen molar-refractivity contribution in [2.75, 3.05) is 6.61 Å². The molecule has 1 heterocycles. The molecule has 4 N–H and O–H groups in total. The van der Waals surface area contributed by atoms with Crippen molar-refractivity contribution in [2.45, 2.75) is 12.5 Å². The van der Waals surface area contributed by atoms with Gasteiger partial charge in [-0.05, 0) is 18.1 Å². The Kier molecular flexibility index (Phi) is 3.55. The third-order valence-corrected chi connectivity index (χ3v) is 1.92. The van der Waals surface area contributed by atoms with Crippen LogP contribution in [0.5, 0.6) is 0 Å². The fourth-order valence-electron chi connectivity index (χ4n) is 1.20. The Bertz CT molecular complexity index is 328. The van der Waals surface area contributed by atoms with Gasteiger partial charge in [0.2, 0.25) is 0 Å². The average molecular weight is 196 g/mol. The molecule has 1 atom stereocenters. The van der Waals surface area contributed by atoms with E-state index < -0.39 is 12.0 Å². The number of carboxylic acid groups (broad SMARTS) is 1. The molecule has 0 fully saturated rings. The van der Waals surface area contributed by atoms with Crippen LogP contribution in [0, 0.1) is 0 Å². The summed E-state index contributed by atoms with van der Waals surface area (Å²) in [4.78, 5) is 14.5. The van der Waals surface area contributed by atoms with Crippen molar-refractivity contribution in [3.63, 3.8) is 0 Å². The first-order chi connectivity index (χ1) is 6.66. The van der Waals surface area contributed by atoms with Gasteiger partial charge < -0.3 is 15.9 Å². The summed E-state index contributed by atoms with van der Waals surface area (Å²) in [6, 6.07) is 1.10. The Morgan fingerprint density at radius 1 is 1.64 bits per heavy atom. The molecule has 0 aliphatic rings. The number of carbonyl (C=O) groups is 1. The van der Waals surface area contributed by atoms with Crippen LogP contribution in [0.2, 0.25) is 0 Å². The van der Waals surface area contributed by atoms with E-state index in [1.54, 1.807) is 6.07 Å². The van der Waals surface area contributed by atoms with E-state index in [9.17, 15) is 4.79 Å². The van der Waals surface area contributed by atoms with Crippen molar-refractivity contribution in [2.24, 2.45) is 5.73 Å². The Hall–Kier alpha value is -1.46. The Labute approximate surface area is 81.2 Å². The number of nitrogens with two attached hydrogens (primary N) is 1. The van der Waals surface area contributed by atoms with Crippen LogP contribution < -0.4 is 5.73 Å². The molecule has 0 aromatic carbocycles. The van der Waals surface area contributed by atoms with E-state index in [1.807, 2.05) is 0 Å². The normalized spacial score (nSPS) is 12.4. The van der Waals surface area contributed by atoms with Gasteiger partial charge in [-0.3, -0.25) is 4.98 Å². The summed E-state index contributed by atoms with van der Waals surface area (Å²) in [6.07, 6.45) is 3.08. The highest BCUT2D eigenvalue weighted by Gasteiger charge is 2.14. The maximum atomic E-state index is 10.8. The standard InChI is InChI=1S/C9H12N2O3/c10-8(2-4-12)6-1-3-11-5-7(6)9(13)14/h1,3,5,8,12H,2,4,10H2,(H,13,14)/t8-/m0/s1. The average Bonchev–Trinajstić information content (AvgIpc) is 2.18. The molecular weight excluding hydrogens is 184 g/mol. The number of carboxylic acids is 1. The molecule has 14 heavy (non-hydrogen) atoms. The number of aliphatic hydroxyl groups excluding tert-OH is 1. The summed E-state index contributed by atoms with van der Waals surface area (Å²) in [5, 5.41) is 17.5. The van der Waals surface area contributed by atoms with E-state index in [-0.39, 0.29) is 12.2 Å². The molecule has 0 aliphatic carbocycles. The maximum absolute atomic E-state index is 10.8. The minimum atomic E-state index is -1.05. The number of aromatic carboxylic acids is 1. The molecule has 0 bridgehead atoms. The zero-order valence-electron chi connectivity index (χ0n) is 7.55. The first kappa shape index (κ1) is 10.6. The fourth-order valence-corrected chi connectivity index (χ4v) is 1.20. The molecule has 0 aliphatic heterocycles. The number of aliphatic hydroxyl groups is 1. The van der Waals surface area contributed by atoms with Crippen LogP contribution >= 0.6 is 0 Å². The minimum absolute atomic E-state index is 0.0669. The fraction of sp³-hybridized carbons (Fsp3) is 0.333. The van der Waals surface area contributed by atoms with Gasteiger partial charge in [0.15, 0.2) is 0 Å². The van der Waals surface area contributed by atoms with E-state index in [2.05, 4.69) is 4.98 Å². The number of nitrogens with zero attached hydrogens (tertiary/aromatic N) is 1. The van der Waals surface area contributed by atoms with Gasteiger partial charge in [-0.2, -0.15) is 0 Å². The molecule has 5 heteroatoms. The summed E-state index contributed by atoms with van der Waals surface area (Å²) in [5.41, 5.74) is 6.29. The maximum Gasteiger partial charge on any atom is 0.337 e. The highest BCUT2D eigenvalue weighted by molar-refractivity contribution is 5.89. The summed E-state index contributed by atoms with van der Waals surface area (Å²) in [6.45, 7) is -0.0669. The number of hydrogen-bond donors (Lipinski definition) is 3. The van der Waals surface area contributed by atoms with Crippen LogP contribution in [-0.4, -0.2) is 27.8 Å². The molecule has 0 unspecified atom stereocenters. The van der Waals surface area contributed by atoms with Crippen LogP contribution in [0.3, 0.4) is 0 Å². The molecule has 0 saturated carbocycles. The van der Waals surface area contributed by atoms with Crippen molar-refractivity contribution in [1.82, 2.24) is 4.98 Å². The van der Waals surface area contributed by atoms with Crippen LogP contribution in [0.4, 0.5) is 0 Å². The van der Waals surface area contributed by atoms with Gasteiger partial charge in [0.25, 0.3) is 0 Å². The molecule has 0 spiro atoms. The second kappa shape index (κ2) is 4.69. The molecule has 1 aromatic heterocycles. The lowest BCUT2D eigenvalue weighted by atomic mass is 10.0. The Morgan fingerprint density at radius 3 is 2.93 bits per heavy atom. The molecule has 1 rings (SSSR count).